The van der Waals surface area contributed by atoms with E-state index in [1.165, 1.54) is 0 Å². The van der Waals surface area contributed by atoms with Crippen molar-refractivity contribution in [2.24, 2.45) is 11.3 Å². The maximum Gasteiger partial charge on any atom is 0.323 e. The highest BCUT2D eigenvalue weighted by molar-refractivity contribution is 6.00. The molecule has 0 amide bonds. The smallest absolute Gasteiger partial charge is 0.323 e. The summed E-state index contributed by atoms with van der Waals surface area (Å²) in [5.41, 5.74) is -1.14. The van der Waals surface area contributed by atoms with Crippen LogP contribution in [-0.4, -0.2) is 25.2 Å². The third-order valence-corrected chi connectivity index (χ3v) is 2.69. The molecule has 0 saturated heterocycles. The molecule has 0 atom stereocenters. The summed E-state index contributed by atoms with van der Waals surface area (Å²) in [6.07, 6.45) is 0.865. The van der Waals surface area contributed by atoms with Crippen molar-refractivity contribution < 1.29 is 19.1 Å². The van der Waals surface area contributed by atoms with Crippen molar-refractivity contribution in [3.8, 4) is 0 Å². The summed E-state index contributed by atoms with van der Waals surface area (Å²) in [7, 11) is 0. The molecule has 0 aromatic heterocycles. The summed E-state index contributed by atoms with van der Waals surface area (Å²) in [6, 6.07) is 0. The van der Waals surface area contributed by atoms with Crippen molar-refractivity contribution in [2.75, 3.05) is 13.2 Å². The average Bonchev–Trinajstić information content (AvgIpc) is 2.26. The van der Waals surface area contributed by atoms with E-state index >= 15 is 0 Å². The predicted octanol–water partition coefficient (Wildman–Crippen LogP) is 2.56. The second kappa shape index (κ2) is 7.30. The van der Waals surface area contributed by atoms with Gasteiger partial charge < -0.3 is 9.47 Å². The monoisotopic (exact) mass is 244 g/mol. The molecule has 0 spiro atoms. The molecule has 17 heavy (non-hydrogen) atoms. The van der Waals surface area contributed by atoms with Crippen molar-refractivity contribution in [3.63, 3.8) is 0 Å². The molecule has 0 aliphatic carbocycles. The zero-order valence-corrected chi connectivity index (χ0v) is 11.5. The van der Waals surface area contributed by atoms with Crippen LogP contribution >= 0.6 is 0 Å². The number of hydrogen-bond donors (Lipinski definition) is 0. The van der Waals surface area contributed by atoms with Gasteiger partial charge in [0, 0.05) is 0 Å². The van der Waals surface area contributed by atoms with Gasteiger partial charge in [-0.05, 0) is 32.6 Å². The third kappa shape index (κ3) is 4.02. The van der Waals surface area contributed by atoms with Gasteiger partial charge in [-0.15, -0.1) is 0 Å². The van der Waals surface area contributed by atoms with Crippen LogP contribution in [-0.2, 0) is 19.1 Å². The summed E-state index contributed by atoms with van der Waals surface area (Å²) in [6.45, 7) is 9.79. The fourth-order valence-corrected chi connectivity index (χ4v) is 1.92. The SMILES string of the molecule is CCOC(=O)C(CC)(CC(C)C)C(=O)OCC. The molecular weight excluding hydrogens is 220 g/mol. The molecule has 0 heterocycles. The lowest BCUT2D eigenvalue weighted by molar-refractivity contribution is -0.173. The minimum atomic E-state index is -1.14. The Morgan fingerprint density at radius 3 is 1.65 bits per heavy atom. The quantitative estimate of drug-likeness (QED) is 0.510. The lowest BCUT2D eigenvalue weighted by Gasteiger charge is -2.29. The Balaban J connectivity index is 5.12. The first-order valence-electron chi connectivity index (χ1n) is 6.29. The molecule has 0 rings (SSSR count). The highest BCUT2D eigenvalue weighted by Gasteiger charge is 2.47. The molecule has 0 unspecified atom stereocenters. The Morgan fingerprint density at radius 1 is 1.00 bits per heavy atom. The van der Waals surface area contributed by atoms with E-state index < -0.39 is 17.4 Å². The molecule has 0 aromatic rings. The van der Waals surface area contributed by atoms with Gasteiger partial charge in [0.25, 0.3) is 0 Å². The number of carbonyl (C=O) groups is 2. The molecule has 4 nitrogen and oxygen atoms in total. The van der Waals surface area contributed by atoms with Gasteiger partial charge in [-0.2, -0.15) is 0 Å². The van der Waals surface area contributed by atoms with Crippen LogP contribution in [0.15, 0.2) is 0 Å². The van der Waals surface area contributed by atoms with Crippen molar-refractivity contribution in [3.05, 3.63) is 0 Å². The van der Waals surface area contributed by atoms with Crippen LogP contribution in [0.25, 0.3) is 0 Å². The van der Waals surface area contributed by atoms with Crippen LogP contribution in [0.1, 0.15) is 47.5 Å². The Labute approximate surface area is 104 Å². The Morgan fingerprint density at radius 2 is 1.41 bits per heavy atom. The number of ether oxygens (including phenoxy) is 2. The van der Waals surface area contributed by atoms with E-state index in [0.29, 0.717) is 12.8 Å². The van der Waals surface area contributed by atoms with Gasteiger partial charge in [-0.25, -0.2) is 0 Å². The summed E-state index contributed by atoms with van der Waals surface area (Å²) in [5.74, 6) is -0.701. The Bertz CT molecular complexity index is 240. The molecule has 100 valence electrons. The van der Waals surface area contributed by atoms with Crippen LogP contribution in [0.5, 0.6) is 0 Å². The molecule has 0 N–H and O–H groups in total. The molecule has 0 fully saturated rings. The van der Waals surface area contributed by atoms with Gasteiger partial charge in [0.05, 0.1) is 13.2 Å². The average molecular weight is 244 g/mol. The van der Waals surface area contributed by atoms with Crippen LogP contribution in [0.4, 0.5) is 0 Å². The number of esters is 2. The Kier molecular flexibility index (Phi) is 6.85. The van der Waals surface area contributed by atoms with E-state index in [1.807, 2.05) is 20.8 Å². The van der Waals surface area contributed by atoms with Gasteiger partial charge in [-0.1, -0.05) is 20.8 Å². The largest absolute Gasteiger partial charge is 0.465 e. The zero-order valence-electron chi connectivity index (χ0n) is 11.5. The van der Waals surface area contributed by atoms with Gasteiger partial charge in [0.1, 0.15) is 0 Å². The normalized spacial score (nSPS) is 11.4. The fraction of sp³-hybridized carbons (Fsp3) is 0.846. The molecule has 0 aliphatic rings. The van der Waals surface area contributed by atoms with E-state index in [2.05, 4.69) is 0 Å². The minimum Gasteiger partial charge on any atom is -0.465 e. The molecule has 0 radical (unpaired) electrons. The van der Waals surface area contributed by atoms with Crippen molar-refractivity contribution in [1.29, 1.82) is 0 Å². The van der Waals surface area contributed by atoms with E-state index in [1.54, 1.807) is 13.8 Å². The van der Waals surface area contributed by atoms with Gasteiger partial charge in [0.15, 0.2) is 5.41 Å². The first-order chi connectivity index (χ1) is 7.94. The lowest BCUT2D eigenvalue weighted by atomic mass is 9.77. The highest BCUT2D eigenvalue weighted by Crippen LogP contribution is 2.33. The van der Waals surface area contributed by atoms with Crippen LogP contribution in [0.2, 0.25) is 0 Å². The van der Waals surface area contributed by atoms with Gasteiger partial charge in [-0.3, -0.25) is 9.59 Å². The summed E-state index contributed by atoms with van der Waals surface area (Å²) in [5, 5.41) is 0. The molecule has 0 aromatic carbocycles. The second-order valence-electron chi connectivity index (χ2n) is 4.47. The van der Waals surface area contributed by atoms with Crippen molar-refractivity contribution >= 4 is 11.9 Å². The Hall–Kier alpha value is -1.06. The first kappa shape index (κ1) is 15.9. The van der Waals surface area contributed by atoms with Gasteiger partial charge in [0.2, 0.25) is 0 Å². The molecule has 4 heteroatoms. The molecular formula is C13H24O4. The second-order valence-corrected chi connectivity index (χ2v) is 4.47. The summed E-state index contributed by atoms with van der Waals surface area (Å²) < 4.78 is 10.1. The summed E-state index contributed by atoms with van der Waals surface area (Å²) in [4.78, 5) is 24.0. The fourth-order valence-electron chi connectivity index (χ4n) is 1.92. The van der Waals surface area contributed by atoms with E-state index in [0.717, 1.165) is 0 Å². The molecule has 0 aliphatic heterocycles. The zero-order chi connectivity index (χ0) is 13.5. The van der Waals surface area contributed by atoms with Gasteiger partial charge >= 0.3 is 11.9 Å². The maximum atomic E-state index is 12.0. The number of rotatable bonds is 7. The first-order valence-corrected chi connectivity index (χ1v) is 6.29. The third-order valence-electron chi connectivity index (χ3n) is 2.69. The van der Waals surface area contributed by atoms with Crippen molar-refractivity contribution in [1.82, 2.24) is 0 Å². The number of hydrogen-bond acceptors (Lipinski definition) is 4. The minimum absolute atomic E-state index is 0.226. The van der Waals surface area contributed by atoms with E-state index in [4.69, 9.17) is 9.47 Å². The van der Waals surface area contributed by atoms with Crippen LogP contribution in [0.3, 0.4) is 0 Å². The topological polar surface area (TPSA) is 52.6 Å². The molecule has 0 saturated carbocycles. The van der Waals surface area contributed by atoms with Crippen LogP contribution in [0, 0.1) is 11.3 Å². The van der Waals surface area contributed by atoms with Crippen LogP contribution < -0.4 is 0 Å². The maximum absolute atomic E-state index is 12.0. The highest BCUT2D eigenvalue weighted by atomic mass is 16.6. The lowest BCUT2D eigenvalue weighted by Crippen LogP contribution is -2.42. The standard InChI is InChI=1S/C13H24O4/c1-6-13(9-10(4)5,11(14)16-7-2)12(15)17-8-3/h10H,6-9H2,1-5H3. The van der Waals surface area contributed by atoms with Crippen molar-refractivity contribution in [2.45, 2.75) is 47.5 Å². The summed E-state index contributed by atoms with van der Waals surface area (Å²) >= 11 is 0. The van der Waals surface area contributed by atoms with E-state index in [9.17, 15) is 9.59 Å². The predicted molar refractivity (Wildman–Crippen MR) is 65.4 cm³/mol. The number of carbonyl (C=O) groups excluding carboxylic acids is 2. The van der Waals surface area contributed by atoms with E-state index in [-0.39, 0.29) is 19.1 Å². The molecule has 0 bridgehead atoms.